The van der Waals surface area contributed by atoms with Gasteiger partial charge in [-0.2, -0.15) is 0 Å². The highest BCUT2D eigenvalue weighted by molar-refractivity contribution is 5.91. The Morgan fingerprint density at radius 1 is 1.33 bits per heavy atom. The fourth-order valence-electron chi connectivity index (χ4n) is 2.90. The van der Waals surface area contributed by atoms with Crippen molar-refractivity contribution in [2.75, 3.05) is 0 Å². The van der Waals surface area contributed by atoms with Crippen LogP contribution in [0, 0.1) is 17.3 Å². The van der Waals surface area contributed by atoms with E-state index in [4.69, 9.17) is 5.11 Å². The molecule has 7 heteroatoms. The van der Waals surface area contributed by atoms with Crippen molar-refractivity contribution in [1.29, 1.82) is 0 Å². The second-order valence-electron chi connectivity index (χ2n) is 6.52. The average molecular weight is 294 g/mol. The van der Waals surface area contributed by atoms with Gasteiger partial charge >= 0.3 is 5.97 Å². The normalized spacial score (nSPS) is 23.1. The van der Waals surface area contributed by atoms with E-state index < -0.39 is 23.2 Å². The number of nitrogens with zero attached hydrogens (tertiary/aromatic N) is 3. The van der Waals surface area contributed by atoms with Crippen LogP contribution in [0.4, 0.5) is 0 Å². The van der Waals surface area contributed by atoms with Gasteiger partial charge in [0.05, 0.1) is 18.4 Å². The number of rotatable bonds is 5. The van der Waals surface area contributed by atoms with Crippen LogP contribution >= 0.6 is 0 Å². The van der Waals surface area contributed by atoms with Gasteiger partial charge in [-0.25, -0.2) is 0 Å². The Morgan fingerprint density at radius 3 is 2.38 bits per heavy atom. The van der Waals surface area contributed by atoms with E-state index in [-0.39, 0.29) is 18.4 Å². The minimum absolute atomic E-state index is 0.235. The van der Waals surface area contributed by atoms with Crippen LogP contribution < -0.4 is 5.32 Å². The van der Waals surface area contributed by atoms with Crippen molar-refractivity contribution >= 4 is 11.9 Å². The number of carbonyl (C=O) groups excluding carboxylic acids is 1. The third-order valence-corrected chi connectivity index (χ3v) is 4.31. The molecule has 1 saturated carbocycles. The number of carboxylic acid groups (broad SMARTS) is 1. The standard InChI is InChI=1S/C14H22N4O3/c1-7(2)11-17-16-8(18(11)5)6-15-12(19)9-10(13(20)21)14(9,3)4/h7,9-10H,6H2,1-5H3,(H,15,19)(H,20,21)/t9-,10+/m0/s1. The monoisotopic (exact) mass is 294 g/mol. The molecule has 1 aromatic heterocycles. The maximum absolute atomic E-state index is 12.1. The van der Waals surface area contributed by atoms with Crippen molar-refractivity contribution < 1.29 is 14.7 Å². The minimum Gasteiger partial charge on any atom is -0.481 e. The van der Waals surface area contributed by atoms with E-state index in [1.54, 1.807) is 13.8 Å². The number of nitrogens with one attached hydrogen (secondary N) is 1. The maximum atomic E-state index is 12.1. The Labute approximate surface area is 123 Å². The lowest BCUT2D eigenvalue weighted by atomic mass is 10.1. The number of hydrogen-bond donors (Lipinski definition) is 2. The fourth-order valence-corrected chi connectivity index (χ4v) is 2.90. The van der Waals surface area contributed by atoms with Gasteiger partial charge in [0.15, 0.2) is 5.82 Å². The lowest BCUT2D eigenvalue weighted by Crippen LogP contribution is -2.28. The summed E-state index contributed by atoms with van der Waals surface area (Å²) in [6.45, 7) is 7.91. The van der Waals surface area contributed by atoms with E-state index in [0.717, 1.165) is 5.82 Å². The van der Waals surface area contributed by atoms with Gasteiger partial charge in [0.2, 0.25) is 5.91 Å². The molecule has 1 heterocycles. The molecular weight excluding hydrogens is 272 g/mol. The summed E-state index contributed by atoms with van der Waals surface area (Å²) in [6.07, 6.45) is 0. The van der Waals surface area contributed by atoms with Gasteiger partial charge in [-0.3, -0.25) is 9.59 Å². The van der Waals surface area contributed by atoms with Gasteiger partial charge in [-0.1, -0.05) is 27.7 Å². The van der Waals surface area contributed by atoms with Crippen LogP contribution in [0.5, 0.6) is 0 Å². The van der Waals surface area contributed by atoms with E-state index >= 15 is 0 Å². The Balaban J connectivity index is 1.98. The van der Waals surface area contributed by atoms with Crippen LogP contribution in [0.25, 0.3) is 0 Å². The summed E-state index contributed by atoms with van der Waals surface area (Å²) in [4.78, 5) is 23.2. The number of amides is 1. The quantitative estimate of drug-likeness (QED) is 0.841. The maximum Gasteiger partial charge on any atom is 0.307 e. The molecule has 0 unspecified atom stereocenters. The molecule has 1 fully saturated rings. The molecule has 2 atom stereocenters. The lowest BCUT2D eigenvalue weighted by molar-refractivity contribution is -0.140. The largest absolute Gasteiger partial charge is 0.481 e. The third kappa shape index (κ3) is 2.64. The molecule has 0 saturated heterocycles. The number of aliphatic carboxylic acids is 1. The van der Waals surface area contributed by atoms with Gasteiger partial charge in [0.1, 0.15) is 5.82 Å². The van der Waals surface area contributed by atoms with Gasteiger partial charge in [0, 0.05) is 13.0 Å². The second-order valence-corrected chi connectivity index (χ2v) is 6.52. The summed E-state index contributed by atoms with van der Waals surface area (Å²) < 4.78 is 1.86. The van der Waals surface area contributed by atoms with Crippen molar-refractivity contribution in [2.45, 2.75) is 40.2 Å². The number of carboxylic acids is 1. The van der Waals surface area contributed by atoms with Crippen LogP contribution in [0.3, 0.4) is 0 Å². The van der Waals surface area contributed by atoms with Crippen molar-refractivity contribution in [2.24, 2.45) is 24.3 Å². The van der Waals surface area contributed by atoms with Crippen molar-refractivity contribution in [3.05, 3.63) is 11.6 Å². The Morgan fingerprint density at radius 2 is 1.95 bits per heavy atom. The van der Waals surface area contributed by atoms with Crippen molar-refractivity contribution in [1.82, 2.24) is 20.1 Å². The highest BCUT2D eigenvalue weighted by Gasteiger charge is 2.65. The van der Waals surface area contributed by atoms with E-state index in [0.29, 0.717) is 5.82 Å². The second kappa shape index (κ2) is 5.13. The highest BCUT2D eigenvalue weighted by atomic mass is 16.4. The van der Waals surface area contributed by atoms with Gasteiger partial charge in [-0.15, -0.1) is 10.2 Å². The average Bonchev–Trinajstić information content (AvgIpc) is 2.76. The molecular formula is C14H22N4O3. The molecule has 0 bridgehead atoms. The zero-order valence-electron chi connectivity index (χ0n) is 13.0. The summed E-state index contributed by atoms with van der Waals surface area (Å²) in [5, 5.41) is 20.0. The first kappa shape index (κ1) is 15.5. The molecule has 1 aliphatic rings. The summed E-state index contributed by atoms with van der Waals surface area (Å²) in [7, 11) is 1.86. The molecule has 7 nitrogen and oxygen atoms in total. The van der Waals surface area contributed by atoms with Crippen LogP contribution in [-0.4, -0.2) is 31.7 Å². The molecule has 0 radical (unpaired) electrons. The Bertz CT molecular complexity index is 577. The molecule has 21 heavy (non-hydrogen) atoms. The summed E-state index contributed by atoms with van der Waals surface area (Å²) >= 11 is 0. The third-order valence-electron chi connectivity index (χ3n) is 4.31. The first-order chi connectivity index (χ1) is 9.67. The SMILES string of the molecule is CC(C)c1nnc(CNC(=O)[C@@H]2[C@H](C(=O)O)C2(C)C)n1C. The molecule has 0 aromatic carbocycles. The Hall–Kier alpha value is -1.92. The molecule has 116 valence electrons. The van der Waals surface area contributed by atoms with E-state index in [2.05, 4.69) is 15.5 Å². The molecule has 2 rings (SSSR count). The zero-order valence-corrected chi connectivity index (χ0v) is 13.0. The fraction of sp³-hybridized carbons (Fsp3) is 0.714. The molecule has 0 aliphatic heterocycles. The van der Waals surface area contributed by atoms with Gasteiger partial charge in [0.25, 0.3) is 0 Å². The van der Waals surface area contributed by atoms with Crippen LogP contribution in [0.15, 0.2) is 0 Å². The predicted molar refractivity (Wildman–Crippen MR) is 75.3 cm³/mol. The molecule has 1 aliphatic carbocycles. The molecule has 1 amide bonds. The van der Waals surface area contributed by atoms with Crippen molar-refractivity contribution in [3.8, 4) is 0 Å². The zero-order chi connectivity index (χ0) is 15.9. The van der Waals surface area contributed by atoms with Crippen LogP contribution in [0.1, 0.15) is 45.3 Å². The van der Waals surface area contributed by atoms with Gasteiger partial charge < -0.3 is 15.0 Å². The minimum atomic E-state index is -0.916. The van der Waals surface area contributed by atoms with Crippen LogP contribution in [0.2, 0.25) is 0 Å². The number of aromatic nitrogens is 3. The van der Waals surface area contributed by atoms with Crippen molar-refractivity contribution in [3.63, 3.8) is 0 Å². The number of hydrogen-bond acceptors (Lipinski definition) is 4. The van der Waals surface area contributed by atoms with E-state index in [1.165, 1.54) is 0 Å². The first-order valence-electron chi connectivity index (χ1n) is 7.06. The molecule has 2 N–H and O–H groups in total. The summed E-state index contributed by atoms with van der Waals surface area (Å²) in [6, 6.07) is 0. The summed E-state index contributed by atoms with van der Waals surface area (Å²) in [5.74, 6) is -0.462. The smallest absolute Gasteiger partial charge is 0.307 e. The summed E-state index contributed by atoms with van der Waals surface area (Å²) in [5.41, 5.74) is -0.487. The topological polar surface area (TPSA) is 97.1 Å². The van der Waals surface area contributed by atoms with Crippen LogP contribution in [-0.2, 0) is 23.2 Å². The van der Waals surface area contributed by atoms with E-state index in [9.17, 15) is 9.59 Å². The number of carbonyl (C=O) groups is 2. The Kier molecular flexibility index (Phi) is 3.78. The lowest BCUT2D eigenvalue weighted by Gasteiger charge is -2.08. The highest BCUT2D eigenvalue weighted by Crippen LogP contribution is 2.58. The first-order valence-corrected chi connectivity index (χ1v) is 7.06. The van der Waals surface area contributed by atoms with E-state index in [1.807, 2.05) is 25.5 Å². The molecule has 1 aromatic rings. The molecule has 0 spiro atoms. The predicted octanol–water partition coefficient (Wildman–Crippen LogP) is 0.911. The van der Waals surface area contributed by atoms with Gasteiger partial charge in [-0.05, 0) is 5.41 Å².